The quantitative estimate of drug-likeness (QED) is 0.135. The van der Waals surface area contributed by atoms with Gasteiger partial charge >= 0.3 is 12.1 Å². The lowest BCUT2D eigenvalue weighted by Gasteiger charge is -2.28. The van der Waals surface area contributed by atoms with E-state index in [1.165, 1.54) is 6.92 Å². The van der Waals surface area contributed by atoms with Gasteiger partial charge in [-0.05, 0) is 41.2 Å². The second kappa shape index (κ2) is 15.1. The van der Waals surface area contributed by atoms with Gasteiger partial charge in [-0.1, -0.05) is 115 Å². The Hall–Kier alpha value is -4.72. The first kappa shape index (κ1) is 32.2. The summed E-state index contributed by atoms with van der Waals surface area (Å²) in [5, 5.41) is 14.3. The minimum atomic E-state index is -4.37. The van der Waals surface area contributed by atoms with Gasteiger partial charge in [-0.2, -0.15) is 0 Å². The molecule has 4 atom stereocenters. The molecule has 10 heteroatoms. The molecule has 0 saturated heterocycles. The normalized spacial score (nSPS) is 14.3. The summed E-state index contributed by atoms with van der Waals surface area (Å²) in [4.78, 5) is 49.1. The third-order valence-electron chi connectivity index (χ3n) is 7.11. The number of nitrogens with one attached hydrogen (secondary N) is 2. The number of alkyl carbamates (subject to hydrolysis) is 1. The first-order chi connectivity index (χ1) is 21.1. The predicted molar refractivity (Wildman–Crippen MR) is 168 cm³/mol. The molecule has 0 aliphatic heterocycles. The van der Waals surface area contributed by atoms with Gasteiger partial charge in [0.25, 0.3) is 0 Å². The minimum absolute atomic E-state index is 0.0407. The zero-order valence-corrected chi connectivity index (χ0v) is 25.1. The molecular weight excluding hydrogens is 579 g/mol. The van der Waals surface area contributed by atoms with E-state index in [4.69, 9.17) is 4.74 Å². The second-order valence-electron chi connectivity index (χ2n) is 10.5. The van der Waals surface area contributed by atoms with Gasteiger partial charge in [-0.3, -0.25) is 14.2 Å². The Bertz CT molecular complexity index is 1580. The van der Waals surface area contributed by atoms with Crippen molar-refractivity contribution in [3.05, 3.63) is 132 Å². The molecule has 0 aliphatic rings. The summed E-state index contributed by atoms with van der Waals surface area (Å²) >= 11 is 0. The van der Waals surface area contributed by atoms with Crippen molar-refractivity contribution in [1.29, 1.82) is 0 Å². The number of hydrogen-bond acceptors (Lipinski definition) is 5. The summed E-state index contributed by atoms with van der Waals surface area (Å²) in [6.07, 6.45) is -1.35. The van der Waals surface area contributed by atoms with Crippen molar-refractivity contribution in [2.24, 2.45) is 5.92 Å². The predicted octanol–water partition coefficient (Wildman–Crippen LogP) is 6.00. The summed E-state index contributed by atoms with van der Waals surface area (Å²) in [6.45, 7) is 1.28. The number of carboxylic acid groups (broad SMARTS) is 1. The number of carboxylic acids is 1. The molecule has 44 heavy (non-hydrogen) atoms. The fourth-order valence-electron chi connectivity index (χ4n) is 4.73. The lowest BCUT2D eigenvalue weighted by atomic mass is 9.97. The number of benzene rings is 4. The van der Waals surface area contributed by atoms with Crippen molar-refractivity contribution in [3.63, 3.8) is 0 Å². The molecule has 0 bridgehead atoms. The third-order valence-corrected chi connectivity index (χ3v) is 9.31. The van der Waals surface area contributed by atoms with E-state index in [1.54, 1.807) is 54.6 Å². The van der Waals surface area contributed by atoms with Crippen molar-refractivity contribution in [1.82, 2.24) is 10.6 Å². The maximum Gasteiger partial charge on any atom is 0.408 e. The molecule has 0 saturated carbocycles. The average molecular weight is 615 g/mol. The van der Waals surface area contributed by atoms with Crippen molar-refractivity contribution in [2.75, 3.05) is 6.16 Å². The van der Waals surface area contributed by atoms with Crippen LogP contribution in [0.5, 0.6) is 0 Å². The Morgan fingerprint density at radius 3 is 1.89 bits per heavy atom. The topological polar surface area (TPSA) is 142 Å². The Balaban J connectivity index is 1.57. The smallest absolute Gasteiger partial charge is 0.408 e. The summed E-state index contributed by atoms with van der Waals surface area (Å²) in [7, 11) is -4.37. The van der Waals surface area contributed by atoms with Crippen LogP contribution in [-0.4, -0.2) is 40.2 Å². The van der Waals surface area contributed by atoms with Gasteiger partial charge < -0.3 is 25.4 Å². The van der Waals surface area contributed by atoms with Crippen LogP contribution in [0.2, 0.25) is 0 Å². The number of aliphatic carboxylic acids is 1. The number of amides is 2. The van der Waals surface area contributed by atoms with E-state index < -0.39 is 49.2 Å². The van der Waals surface area contributed by atoms with E-state index in [9.17, 15) is 28.9 Å². The standard InChI is InChI=1S/C34H35N2O7P/c1-24(33(38)39)35-31(37)30(21-25-17-19-28(20-18-25)27-13-7-3-8-14-27)23-44(41,42)32(29-15-9-4-10-16-29)36-34(40)43-22-26-11-5-2-6-12-26/h2-20,24,30,32H,21-23H2,1H3,(H,35,37)(H,36,40)(H,38,39)(H,41,42)/t24-,30?,32+/m0/s1. The van der Waals surface area contributed by atoms with Crippen LogP contribution in [0.25, 0.3) is 11.1 Å². The Morgan fingerprint density at radius 2 is 1.30 bits per heavy atom. The van der Waals surface area contributed by atoms with Crippen LogP contribution < -0.4 is 10.6 Å². The van der Waals surface area contributed by atoms with Crippen LogP contribution in [0.1, 0.15) is 29.4 Å². The summed E-state index contributed by atoms with van der Waals surface area (Å²) < 4.78 is 19.4. The number of carbonyl (C=O) groups excluding carboxylic acids is 2. The molecule has 9 nitrogen and oxygen atoms in total. The number of carbonyl (C=O) groups is 3. The van der Waals surface area contributed by atoms with E-state index in [2.05, 4.69) is 10.6 Å². The molecule has 228 valence electrons. The molecule has 0 aromatic heterocycles. The SMILES string of the molecule is C[C@H](NC(=O)C(Cc1ccc(-c2ccccc2)cc1)CP(=O)(O)[C@@H](NC(=O)OCc1ccccc1)c1ccccc1)C(=O)O. The third kappa shape index (κ3) is 9.14. The van der Waals surface area contributed by atoms with Crippen molar-refractivity contribution in [3.8, 4) is 11.1 Å². The van der Waals surface area contributed by atoms with E-state index in [0.717, 1.165) is 22.3 Å². The highest BCUT2D eigenvalue weighted by molar-refractivity contribution is 7.58. The van der Waals surface area contributed by atoms with E-state index >= 15 is 0 Å². The fraction of sp³-hybridized carbons (Fsp3) is 0.206. The molecule has 0 spiro atoms. The molecule has 4 N–H and O–H groups in total. The molecule has 0 radical (unpaired) electrons. The largest absolute Gasteiger partial charge is 0.480 e. The van der Waals surface area contributed by atoms with E-state index in [0.29, 0.717) is 5.56 Å². The molecule has 0 fully saturated rings. The highest BCUT2D eigenvalue weighted by Crippen LogP contribution is 2.55. The van der Waals surface area contributed by atoms with Crippen LogP contribution >= 0.6 is 7.37 Å². The number of ether oxygens (including phenoxy) is 1. The molecule has 2 amide bonds. The van der Waals surface area contributed by atoms with Gasteiger partial charge in [0.15, 0.2) is 0 Å². The van der Waals surface area contributed by atoms with Gasteiger partial charge in [0, 0.05) is 6.16 Å². The Morgan fingerprint density at radius 1 is 0.750 bits per heavy atom. The van der Waals surface area contributed by atoms with Gasteiger partial charge in [0.1, 0.15) is 18.4 Å². The molecule has 2 unspecified atom stereocenters. The molecule has 0 aliphatic carbocycles. The van der Waals surface area contributed by atoms with Gasteiger partial charge in [0.2, 0.25) is 13.3 Å². The van der Waals surface area contributed by atoms with Crippen LogP contribution in [0.15, 0.2) is 115 Å². The summed E-state index contributed by atoms with van der Waals surface area (Å²) in [6, 6.07) is 33.3. The van der Waals surface area contributed by atoms with E-state index in [-0.39, 0.29) is 13.0 Å². The zero-order chi connectivity index (χ0) is 31.5. The van der Waals surface area contributed by atoms with Crippen molar-refractivity contribution >= 4 is 25.3 Å². The maximum atomic E-state index is 14.1. The monoisotopic (exact) mass is 614 g/mol. The van der Waals surface area contributed by atoms with Crippen molar-refractivity contribution in [2.45, 2.75) is 31.8 Å². The Kier molecular flexibility index (Phi) is 11.1. The first-order valence-corrected chi connectivity index (χ1v) is 16.0. The molecule has 4 aromatic carbocycles. The van der Waals surface area contributed by atoms with Crippen LogP contribution in [-0.2, 0) is 31.9 Å². The van der Waals surface area contributed by atoms with E-state index in [1.807, 2.05) is 60.7 Å². The van der Waals surface area contributed by atoms with Crippen LogP contribution in [0.3, 0.4) is 0 Å². The highest BCUT2D eigenvalue weighted by Gasteiger charge is 2.39. The first-order valence-electron chi connectivity index (χ1n) is 14.1. The molecule has 0 heterocycles. The lowest BCUT2D eigenvalue weighted by molar-refractivity contribution is -0.141. The summed E-state index contributed by atoms with van der Waals surface area (Å²) in [5.41, 5.74) is 3.80. The maximum absolute atomic E-state index is 14.1. The van der Waals surface area contributed by atoms with Gasteiger partial charge in [0.05, 0.1) is 5.92 Å². The summed E-state index contributed by atoms with van der Waals surface area (Å²) in [5.74, 6) is -4.37. The second-order valence-corrected chi connectivity index (χ2v) is 12.9. The average Bonchev–Trinajstić information content (AvgIpc) is 3.03. The number of hydrogen-bond donors (Lipinski definition) is 4. The van der Waals surface area contributed by atoms with Crippen LogP contribution in [0.4, 0.5) is 4.79 Å². The zero-order valence-electron chi connectivity index (χ0n) is 24.2. The van der Waals surface area contributed by atoms with Crippen molar-refractivity contribution < 1.29 is 33.7 Å². The van der Waals surface area contributed by atoms with Crippen LogP contribution in [0, 0.1) is 5.92 Å². The van der Waals surface area contributed by atoms with Gasteiger partial charge in [-0.25, -0.2) is 4.79 Å². The molecular formula is C34H35N2O7P. The van der Waals surface area contributed by atoms with Gasteiger partial charge in [-0.15, -0.1) is 0 Å². The minimum Gasteiger partial charge on any atom is -0.480 e. The molecule has 4 aromatic rings. The Labute approximate surface area is 256 Å². The number of rotatable bonds is 13. The lowest BCUT2D eigenvalue weighted by Crippen LogP contribution is -2.43. The highest BCUT2D eigenvalue weighted by atomic mass is 31.2. The fourth-order valence-corrected chi connectivity index (χ4v) is 6.81. The molecule has 4 rings (SSSR count).